The highest BCUT2D eigenvalue weighted by atomic mass is 32.2. The van der Waals surface area contributed by atoms with Crippen LogP contribution in [-0.4, -0.2) is 27.5 Å². The van der Waals surface area contributed by atoms with E-state index in [0.29, 0.717) is 47.7 Å². The molecule has 0 radical (unpaired) electrons. The van der Waals surface area contributed by atoms with Gasteiger partial charge < -0.3 is 9.47 Å². The number of hydrogen-bond acceptors (Lipinski definition) is 7. The molecular formula is C36H33N3O5S. The zero-order chi connectivity index (χ0) is 31.6. The summed E-state index contributed by atoms with van der Waals surface area (Å²) in [5.41, 5.74) is 4.52. The Balaban J connectivity index is 1.45. The van der Waals surface area contributed by atoms with Crippen LogP contribution >= 0.6 is 11.8 Å². The zero-order valence-electron chi connectivity index (χ0n) is 24.9. The second-order valence-corrected chi connectivity index (χ2v) is 11.2. The molecule has 228 valence electrons. The van der Waals surface area contributed by atoms with Crippen molar-refractivity contribution in [1.29, 1.82) is 0 Å². The third-order valence-corrected chi connectivity index (χ3v) is 8.00. The fourth-order valence-electron chi connectivity index (χ4n) is 4.79. The van der Waals surface area contributed by atoms with Crippen LogP contribution in [0.5, 0.6) is 11.5 Å². The highest BCUT2D eigenvalue weighted by Crippen LogP contribution is 2.38. The Morgan fingerprint density at radius 1 is 0.933 bits per heavy atom. The second kappa shape index (κ2) is 15.0. The first-order chi connectivity index (χ1) is 21.9. The molecule has 9 heteroatoms. The van der Waals surface area contributed by atoms with Gasteiger partial charge in [-0.15, -0.1) is 6.58 Å². The summed E-state index contributed by atoms with van der Waals surface area (Å²) in [5.74, 6) is 0.996. The number of hydrogen-bond donors (Lipinski definition) is 0. The fraction of sp³-hybridized carbons (Fsp3) is 0.167. The van der Waals surface area contributed by atoms with E-state index in [1.165, 1.54) is 23.9 Å². The molecule has 0 unspecified atom stereocenters. The number of rotatable bonds is 13. The summed E-state index contributed by atoms with van der Waals surface area (Å²) >= 11 is 1.36. The van der Waals surface area contributed by atoms with E-state index in [4.69, 9.17) is 14.5 Å². The van der Waals surface area contributed by atoms with Crippen LogP contribution in [0.2, 0.25) is 0 Å². The average Bonchev–Trinajstić information content (AvgIpc) is 3.34. The van der Waals surface area contributed by atoms with Crippen molar-refractivity contribution < 1.29 is 19.2 Å². The molecular weight excluding hydrogens is 586 g/mol. The Labute approximate surface area is 266 Å². The van der Waals surface area contributed by atoms with E-state index in [2.05, 4.69) is 6.58 Å². The predicted molar refractivity (Wildman–Crippen MR) is 179 cm³/mol. The van der Waals surface area contributed by atoms with E-state index in [0.717, 1.165) is 27.8 Å². The Morgan fingerprint density at radius 2 is 1.62 bits per heavy atom. The van der Waals surface area contributed by atoms with Gasteiger partial charge in [-0.1, -0.05) is 66.7 Å². The maximum Gasteiger partial charge on any atom is 0.269 e. The number of amides is 1. The molecule has 0 saturated carbocycles. The van der Waals surface area contributed by atoms with Crippen molar-refractivity contribution in [2.45, 2.75) is 33.0 Å². The number of thioether (sulfide) groups is 1. The van der Waals surface area contributed by atoms with Crippen molar-refractivity contribution in [2.24, 2.45) is 4.99 Å². The fourth-order valence-corrected chi connectivity index (χ4v) is 5.77. The number of nitrogens with zero attached hydrogens (tertiary/aromatic N) is 3. The molecule has 1 fully saturated rings. The Hall–Kier alpha value is -5.15. The summed E-state index contributed by atoms with van der Waals surface area (Å²) < 4.78 is 12.2. The minimum atomic E-state index is -0.431. The Kier molecular flexibility index (Phi) is 10.4. The van der Waals surface area contributed by atoms with E-state index in [1.807, 2.05) is 85.8 Å². The first-order valence-electron chi connectivity index (χ1n) is 14.6. The summed E-state index contributed by atoms with van der Waals surface area (Å²) in [5, 5.41) is 11.7. The van der Waals surface area contributed by atoms with Gasteiger partial charge in [-0.25, -0.2) is 0 Å². The van der Waals surface area contributed by atoms with Crippen molar-refractivity contribution in [2.75, 3.05) is 6.61 Å². The van der Waals surface area contributed by atoms with Gasteiger partial charge in [-0.05, 0) is 77.7 Å². The Morgan fingerprint density at radius 3 is 2.27 bits per heavy atom. The van der Waals surface area contributed by atoms with Gasteiger partial charge in [-0.3, -0.25) is 24.8 Å². The molecule has 4 aromatic rings. The van der Waals surface area contributed by atoms with Gasteiger partial charge >= 0.3 is 0 Å². The molecule has 0 spiro atoms. The lowest BCUT2D eigenvalue weighted by atomic mass is 10.0. The number of aliphatic imine (C=N–C) groups is 1. The smallest absolute Gasteiger partial charge is 0.269 e. The zero-order valence-corrected chi connectivity index (χ0v) is 25.7. The number of amidine groups is 1. The topological polar surface area (TPSA) is 94.3 Å². The van der Waals surface area contributed by atoms with Crippen molar-refractivity contribution in [3.8, 4) is 11.5 Å². The van der Waals surface area contributed by atoms with Crippen LogP contribution in [0.4, 0.5) is 5.69 Å². The quantitative estimate of drug-likeness (QED) is 0.0652. The van der Waals surface area contributed by atoms with Gasteiger partial charge in [0.15, 0.2) is 16.7 Å². The van der Waals surface area contributed by atoms with Gasteiger partial charge in [0.25, 0.3) is 11.6 Å². The second-order valence-electron chi connectivity index (χ2n) is 10.2. The number of nitro benzene ring substituents is 1. The minimum absolute atomic E-state index is 0.0217. The van der Waals surface area contributed by atoms with E-state index in [9.17, 15) is 14.9 Å². The highest BCUT2D eigenvalue weighted by Gasteiger charge is 2.33. The van der Waals surface area contributed by atoms with Gasteiger partial charge in [0.05, 0.1) is 29.5 Å². The molecule has 0 aliphatic carbocycles. The SMILES string of the molecule is C=CCc1cc(/C=C2/SC(=NCc3ccccc3)N(Cc3ccccc3)C2=O)cc(OCC)c1OCc1ccc([N+](=O)[O-])cc1. The molecule has 45 heavy (non-hydrogen) atoms. The number of allylic oxidation sites excluding steroid dienone is 1. The molecule has 0 N–H and O–H groups in total. The molecule has 1 heterocycles. The van der Waals surface area contributed by atoms with E-state index in [1.54, 1.807) is 23.1 Å². The Bertz CT molecular complexity index is 1720. The summed E-state index contributed by atoms with van der Waals surface area (Å²) in [6.45, 7) is 7.30. The summed E-state index contributed by atoms with van der Waals surface area (Å²) in [6, 6.07) is 29.9. The molecule has 8 nitrogen and oxygen atoms in total. The maximum absolute atomic E-state index is 13.8. The van der Waals surface area contributed by atoms with Gasteiger partial charge in [0.2, 0.25) is 0 Å². The number of ether oxygens (including phenoxy) is 2. The minimum Gasteiger partial charge on any atom is -0.490 e. The monoisotopic (exact) mass is 619 g/mol. The van der Waals surface area contributed by atoms with Gasteiger partial charge in [0.1, 0.15) is 6.61 Å². The summed E-state index contributed by atoms with van der Waals surface area (Å²) in [6.07, 6.45) is 4.16. The molecule has 4 aromatic carbocycles. The van der Waals surface area contributed by atoms with Crippen LogP contribution in [0.15, 0.2) is 120 Å². The lowest BCUT2D eigenvalue weighted by Crippen LogP contribution is -2.28. The molecule has 1 saturated heterocycles. The molecule has 1 aliphatic heterocycles. The molecule has 0 aromatic heterocycles. The van der Waals surface area contributed by atoms with Crippen LogP contribution in [0.25, 0.3) is 6.08 Å². The summed E-state index contributed by atoms with van der Waals surface area (Å²) in [4.78, 5) is 31.5. The largest absolute Gasteiger partial charge is 0.490 e. The van der Waals surface area contributed by atoms with Crippen LogP contribution in [0, 0.1) is 10.1 Å². The number of nitro groups is 1. The lowest BCUT2D eigenvalue weighted by Gasteiger charge is -2.17. The van der Waals surface area contributed by atoms with Crippen LogP contribution in [-0.2, 0) is 30.9 Å². The third-order valence-electron chi connectivity index (χ3n) is 6.96. The molecule has 1 aliphatic rings. The predicted octanol–water partition coefficient (Wildman–Crippen LogP) is 7.97. The molecule has 1 amide bonds. The number of carbonyl (C=O) groups is 1. The number of benzene rings is 4. The van der Waals surface area contributed by atoms with Gasteiger partial charge in [-0.2, -0.15) is 0 Å². The number of non-ortho nitro benzene ring substituents is 1. The van der Waals surface area contributed by atoms with E-state index < -0.39 is 4.92 Å². The van der Waals surface area contributed by atoms with E-state index >= 15 is 0 Å². The first kappa shape index (κ1) is 31.3. The number of carbonyl (C=O) groups excluding carboxylic acids is 1. The molecule has 0 bridgehead atoms. The van der Waals surface area contributed by atoms with Crippen LogP contribution < -0.4 is 9.47 Å². The molecule has 0 atom stereocenters. The van der Waals surface area contributed by atoms with E-state index in [-0.39, 0.29) is 18.2 Å². The van der Waals surface area contributed by atoms with Crippen molar-refractivity contribution in [3.63, 3.8) is 0 Å². The molecule has 5 rings (SSSR count). The third kappa shape index (κ3) is 8.07. The first-order valence-corrected chi connectivity index (χ1v) is 15.4. The van der Waals surface area contributed by atoms with Crippen molar-refractivity contribution in [3.05, 3.63) is 153 Å². The van der Waals surface area contributed by atoms with Gasteiger partial charge in [0, 0.05) is 17.7 Å². The lowest BCUT2D eigenvalue weighted by molar-refractivity contribution is -0.384. The highest BCUT2D eigenvalue weighted by molar-refractivity contribution is 8.18. The van der Waals surface area contributed by atoms with Crippen LogP contribution in [0.1, 0.15) is 34.7 Å². The normalized spacial score (nSPS) is 14.6. The standard InChI is InChI=1S/C36H33N3O5S/c1-3-11-30-20-29(21-32(43-4-2)34(30)44-25-28-16-18-31(19-17-28)39(41)42)22-33-35(40)38(24-27-14-9-6-10-15-27)36(45-33)37-23-26-12-7-5-8-13-26/h3,5-10,12-22H,1,4,11,23-25H2,2H3/b33-22+,37-36?. The van der Waals surface area contributed by atoms with Crippen molar-refractivity contribution in [1.82, 2.24) is 4.90 Å². The van der Waals surface area contributed by atoms with Crippen molar-refractivity contribution >= 4 is 34.6 Å². The summed E-state index contributed by atoms with van der Waals surface area (Å²) in [7, 11) is 0. The van der Waals surface area contributed by atoms with Crippen LogP contribution in [0.3, 0.4) is 0 Å². The maximum atomic E-state index is 13.8. The average molecular weight is 620 g/mol.